The number of hydrogen-bond acceptors (Lipinski definition) is 2. The van der Waals surface area contributed by atoms with Crippen molar-refractivity contribution in [1.82, 2.24) is 0 Å². The second kappa shape index (κ2) is 9.87. The van der Waals surface area contributed by atoms with Gasteiger partial charge in [-0.2, -0.15) is 0 Å². The van der Waals surface area contributed by atoms with Crippen LogP contribution in [-0.2, 0) is 6.42 Å². The third-order valence-electron chi connectivity index (χ3n) is 4.55. The Kier molecular flexibility index (Phi) is 7.52. The lowest BCUT2D eigenvalue weighted by Gasteiger charge is -2.15. The van der Waals surface area contributed by atoms with E-state index < -0.39 is 6.16 Å². The lowest BCUT2D eigenvalue weighted by Crippen LogP contribution is -2.06. The molecule has 0 atom stereocenters. The lowest BCUT2D eigenvalue weighted by molar-refractivity contribution is 0.144. The Labute approximate surface area is 150 Å². The molecule has 0 saturated heterocycles. The molecule has 0 aliphatic carbocycles. The highest BCUT2D eigenvalue weighted by Gasteiger charge is 2.14. The van der Waals surface area contributed by atoms with Gasteiger partial charge in [0.1, 0.15) is 5.75 Å². The molecule has 0 radical (unpaired) electrons. The van der Waals surface area contributed by atoms with Gasteiger partial charge in [0.25, 0.3) is 0 Å². The smallest absolute Gasteiger partial charge is 0.449 e. The molecule has 0 spiro atoms. The van der Waals surface area contributed by atoms with Crippen molar-refractivity contribution in [2.75, 3.05) is 0 Å². The molecule has 3 heteroatoms. The third kappa shape index (κ3) is 5.63. The van der Waals surface area contributed by atoms with Crippen molar-refractivity contribution in [3.63, 3.8) is 0 Å². The molecule has 0 bridgehead atoms. The quantitative estimate of drug-likeness (QED) is 0.317. The molecule has 25 heavy (non-hydrogen) atoms. The molecule has 0 unspecified atom stereocenters. The van der Waals surface area contributed by atoms with E-state index in [-0.39, 0.29) is 0 Å². The van der Waals surface area contributed by atoms with Gasteiger partial charge in [-0.3, -0.25) is 0 Å². The number of rotatable bonds is 9. The van der Waals surface area contributed by atoms with Gasteiger partial charge in [-0.15, -0.1) is 0 Å². The highest BCUT2D eigenvalue weighted by molar-refractivity contribution is 5.74. The summed E-state index contributed by atoms with van der Waals surface area (Å²) in [5.41, 5.74) is 4.39. The summed E-state index contributed by atoms with van der Waals surface area (Å²) in [5.74, 6) is 0.460. The monoisotopic (exact) mass is 340 g/mol. The average Bonchev–Trinajstić information content (AvgIpc) is 2.59. The molecular formula is C22H28O3. The summed E-state index contributed by atoms with van der Waals surface area (Å²) in [4.78, 5) is 11.1. The number of carbonyl (C=O) groups is 1. The van der Waals surface area contributed by atoms with E-state index in [1.54, 1.807) is 6.07 Å². The molecule has 2 rings (SSSR count). The summed E-state index contributed by atoms with van der Waals surface area (Å²) in [5, 5.41) is 9.05. The second-order valence-corrected chi connectivity index (χ2v) is 6.48. The van der Waals surface area contributed by atoms with Gasteiger partial charge in [0.05, 0.1) is 0 Å². The van der Waals surface area contributed by atoms with Crippen LogP contribution in [0.1, 0.15) is 56.6 Å². The lowest BCUT2D eigenvalue weighted by atomic mass is 9.92. The summed E-state index contributed by atoms with van der Waals surface area (Å²) >= 11 is 0. The maximum Gasteiger partial charge on any atom is 0.511 e. The summed E-state index contributed by atoms with van der Waals surface area (Å²) in [6.07, 6.45) is 6.81. The molecule has 0 aliphatic heterocycles. The molecule has 3 nitrogen and oxygen atoms in total. The van der Waals surface area contributed by atoms with E-state index in [2.05, 4.69) is 32.0 Å². The van der Waals surface area contributed by atoms with E-state index in [1.165, 1.54) is 31.2 Å². The van der Waals surface area contributed by atoms with Crippen molar-refractivity contribution < 1.29 is 14.6 Å². The first-order chi connectivity index (χ1) is 12.1. The largest absolute Gasteiger partial charge is 0.511 e. The number of benzene rings is 2. The Hall–Kier alpha value is -2.29. The van der Waals surface area contributed by atoms with Gasteiger partial charge in [0.2, 0.25) is 0 Å². The first kappa shape index (κ1) is 19.0. The summed E-state index contributed by atoms with van der Waals surface area (Å²) < 4.78 is 5.06. The van der Waals surface area contributed by atoms with Crippen LogP contribution in [0, 0.1) is 6.92 Å². The Balaban J connectivity index is 2.23. The van der Waals surface area contributed by atoms with Gasteiger partial charge < -0.3 is 9.84 Å². The molecule has 2 aromatic carbocycles. The fourth-order valence-corrected chi connectivity index (χ4v) is 3.22. The fourth-order valence-electron chi connectivity index (χ4n) is 3.22. The Morgan fingerprint density at radius 1 is 0.920 bits per heavy atom. The summed E-state index contributed by atoms with van der Waals surface area (Å²) in [6, 6.07) is 13.9. The summed E-state index contributed by atoms with van der Waals surface area (Å²) in [6.45, 7) is 4.29. The minimum Gasteiger partial charge on any atom is -0.449 e. The van der Waals surface area contributed by atoms with Crippen LogP contribution < -0.4 is 4.74 Å². The number of ether oxygens (including phenoxy) is 1. The highest BCUT2D eigenvalue weighted by atomic mass is 16.7. The molecule has 1 N–H and O–H groups in total. The van der Waals surface area contributed by atoms with Gasteiger partial charge in [-0.1, -0.05) is 75.4 Å². The van der Waals surface area contributed by atoms with E-state index in [9.17, 15) is 4.79 Å². The first-order valence-electron chi connectivity index (χ1n) is 9.22. The fraction of sp³-hybridized carbons (Fsp3) is 0.409. The Bertz CT molecular complexity index is 691. The van der Waals surface area contributed by atoms with Crippen molar-refractivity contribution in [3.05, 3.63) is 53.6 Å². The van der Waals surface area contributed by atoms with Crippen LogP contribution in [0.25, 0.3) is 11.1 Å². The topological polar surface area (TPSA) is 46.5 Å². The number of hydrogen-bond donors (Lipinski definition) is 1. The van der Waals surface area contributed by atoms with Crippen molar-refractivity contribution in [2.45, 2.75) is 58.8 Å². The molecule has 0 saturated carbocycles. The van der Waals surface area contributed by atoms with Crippen LogP contribution in [0.4, 0.5) is 4.79 Å². The SMILES string of the molecule is CCCCCCCCc1c(OC(=O)O)cccc1-c1ccccc1C. The van der Waals surface area contributed by atoms with E-state index >= 15 is 0 Å². The van der Waals surface area contributed by atoms with Gasteiger partial charge in [-0.25, -0.2) is 4.79 Å². The van der Waals surface area contributed by atoms with E-state index in [0.29, 0.717) is 5.75 Å². The van der Waals surface area contributed by atoms with Gasteiger partial charge in [0.15, 0.2) is 0 Å². The van der Waals surface area contributed by atoms with Crippen molar-refractivity contribution in [1.29, 1.82) is 0 Å². The van der Waals surface area contributed by atoms with Crippen LogP contribution >= 0.6 is 0 Å². The van der Waals surface area contributed by atoms with Gasteiger partial charge in [0, 0.05) is 5.56 Å². The molecule has 0 heterocycles. The molecule has 2 aromatic rings. The van der Waals surface area contributed by atoms with Gasteiger partial charge in [-0.05, 0) is 42.5 Å². The number of unbranched alkanes of at least 4 members (excludes halogenated alkanes) is 5. The minimum atomic E-state index is -1.26. The predicted octanol–water partition coefficient (Wildman–Crippen LogP) is 6.62. The molecule has 134 valence electrons. The Morgan fingerprint density at radius 3 is 2.32 bits per heavy atom. The minimum absolute atomic E-state index is 0.460. The summed E-state index contributed by atoms with van der Waals surface area (Å²) in [7, 11) is 0. The zero-order chi connectivity index (χ0) is 18.1. The standard InChI is InChI=1S/C22H28O3/c1-3-4-5-6-7-8-14-20-19(18-13-10-9-12-17(18)2)15-11-16-21(20)25-22(23)24/h9-13,15-16H,3-8,14H2,1-2H3,(H,23,24). The van der Waals surface area contributed by atoms with Gasteiger partial charge >= 0.3 is 6.16 Å². The van der Waals surface area contributed by atoms with E-state index in [4.69, 9.17) is 9.84 Å². The van der Waals surface area contributed by atoms with Crippen molar-refractivity contribution >= 4 is 6.16 Å². The van der Waals surface area contributed by atoms with Crippen molar-refractivity contribution in [3.8, 4) is 16.9 Å². The normalized spacial score (nSPS) is 10.6. The maximum absolute atomic E-state index is 11.1. The third-order valence-corrected chi connectivity index (χ3v) is 4.55. The van der Waals surface area contributed by atoms with Crippen LogP contribution in [0.3, 0.4) is 0 Å². The Morgan fingerprint density at radius 2 is 1.60 bits per heavy atom. The van der Waals surface area contributed by atoms with E-state index in [0.717, 1.165) is 36.0 Å². The second-order valence-electron chi connectivity index (χ2n) is 6.48. The molecule has 0 amide bonds. The zero-order valence-corrected chi connectivity index (χ0v) is 15.3. The molecule has 0 fully saturated rings. The maximum atomic E-state index is 11.1. The highest BCUT2D eigenvalue weighted by Crippen LogP contribution is 2.34. The number of aryl methyl sites for hydroxylation is 1. The molecular weight excluding hydrogens is 312 g/mol. The van der Waals surface area contributed by atoms with E-state index in [1.807, 2.05) is 18.2 Å². The van der Waals surface area contributed by atoms with Crippen LogP contribution in [0.2, 0.25) is 0 Å². The molecule has 0 aliphatic rings. The molecule has 0 aromatic heterocycles. The predicted molar refractivity (Wildman–Crippen MR) is 102 cm³/mol. The van der Waals surface area contributed by atoms with Crippen LogP contribution in [-0.4, -0.2) is 11.3 Å². The average molecular weight is 340 g/mol. The number of carboxylic acid groups (broad SMARTS) is 1. The van der Waals surface area contributed by atoms with Crippen LogP contribution in [0.5, 0.6) is 5.75 Å². The van der Waals surface area contributed by atoms with Crippen molar-refractivity contribution in [2.24, 2.45) is 0 Å². The van der Waals surface area contributed by atoms with Crippen LogP contribution in [0.15, 0.2) is 42.5 Å². The first-order valence-corrected chi connectivity index (χ1v) is 9.22. The zero-order valence-electron chi connectivity index (χ0n) is 15.3.